The summed E-state index contributed by atoms with van der Waals surface area (Å²) in [5.41, 5.74) is 1.46. The number of nitrogens with one attached hydrogen (secondary N) is 1. The predicted molar refractivity (Wildman–Crippen MR) is 85.3 cm³/mol. The number of thiazole rings is 1. The SMILES string of the molecule is CCOC(=O)Cc1csc(Nc2ccc(OC)cc2OC)n1. The number of carbonyl (C=O) groups excluding carboxylic acids is 1. The van der Waals surface area contributed by atoms with Crippen molar-refractivity contribution in [1.82, 2.24) is 4.98 Å². The first-order valence-electron chi connectivity index (χ1n) is 6.75. The van der Waals surface area contributed by atoms with Crippen LogP contribution in [0.1, 0.15) is 12.6 Å². The lowest BCUT2D eigenvalue weighted by Gasteiger charge is -2.10. The number of aromatic nitrogens is 1. The molecule has 7 heteroatoms. The van der Waals surface area contributed by atoms with Crippen LogP contribution in [0.25, 0.3) is 0 Å². The van der Waals surface area contributed by atoms with Crippen molar-refractivity contribution in [3.8, 4) is 11.5 Å². The average molecular weight is 322 g/mol. The van der Waals surface area contributed by atoms with Crippen LogP contribution in [0.2, 0.25) is 0 Å². The summed E-state index contributed by atoms with van der Waals surface area (Å²) in [6.07, 6.45) is 0.172. The zero-order valence-corrected chi connectivity index (χ0v) is 13.5. The molecule has 0 aliphatic heterocycles. The first kappa shape index (κ1) is 16.1. The minimum Gasteiger partial charge on any atom is -0.497 e. The maximum atomic E-state index is 11.4. The second kappa shape index (κ2) is 7.65. The molecule has 1 N–H and O–H groups in total. The normalized spacial score (nSPS) is 10.1. The van der Waals surface area contributed by atoms with Gasteiger partial charge in [-0.2, -0.15) is 0 Å². The number of rotatable bonds is 7. The first-order chi connectivity index (χ1) is 10.7. The van der Waals surface area contributed by atoms with E-state index in [0.717, 1.165) is 5.69 Å². The van der Waals surface area contributed by atoms with Crippen LogP contribution in [-0.2, 0) is 16.0 Å². The Morgan fingerprint density at radius 2 is 2.14 bits per heavy atom. The molecule has 2 aromatic rings. The van der Waals surface area contributed by atoms with Gasteiger partial charge in [-0.3, -0.25) is 4.79 Å². The predicted octanol–water partition coefficient (Wildman–Crippen LogP) is 3.01. The van der Waals surface area contributed by atoms with Crippen molar-refractivity contribution in [3.63, 3.8) is 0 Å². The van der Waals surface area contributed by atoms with E-state index >= 15 is 0 Å². The van der Waals surface area contributed by atoms with Gasteiger partial charge in [0.1, 0.15) is 11.5 Å². The molecular weight excluding hydrogens is 304 g/mol. The van der Waals surface area contributed by atoms with Gasteiger partial charge in [0.05, 0.1) is 38.6 Å². The van der Waals surface area contributed by atoms with Crippen LogP contribution in [0.4, 0.5) is 10.8 Å². The molecule has 0 aliphatic rings. The lowest BCUT2D eigenvalue weighted by atomic mass is 10.2. The van der Waals surface area contributed by atoms with Crippen molar-refractivity contribution in [2.75, 3.05) is 26.1 Å². The van der Waals surface area contributed by atoms with E-state index in [2.05, 4.69) is 10.3 Å². The van der Waals surface area contributed by atoms with Crippen LogP contribution >= 0.6 is 11.3 Å². The summed E-state index contributed by atoms with van der Waals surface area (Å²) in [6.45, 7) is 2.15. The lowest BCUT2D eigenvalue weighted by molar-refractivity contribution is -0.142. The quantitative estimate of drug-likeness (QED) is 0.790. The van der Waals surface area contributed by atoms with Crippen LogP contribution in [0.5, 0.6) is 11.5 Å². The molecule has 0 unspecified atom stereocenters. The van der Waals surface area contributed by atoms with Gasteiger partial charge in [0.25, 0.3) is 0 Å². The van der Waals surface area contributed by atoms with Gasteiger partial charge < -0.3 is 19.5 Å². The van der Waals surface area contributed by atoms with Crippen molar-refractivity contribution in [2.24, 2.45) is 0 Å². The van der Waals surface area contributed by atoms with Crippen molar-refractivity contribution in [3.05, 3.63) is 29.3 Å². The second-order valence-electron chi connectivity index (χ2n) is 4.32. The maximum absolute atomic E-state index is 11.4. The molecule has 2 rings (SSSR count). The Hall–Kier alpha value is -2.28. The van der Waals surface area contributed by atoms with Gasteiger partial charge in [-0.1, -0.05) is 0 Å². The van der Waals surface area contributed by atoms with E-state index in [1.807, 2.05) is 17.5 Å². The Balaban J connectivity index is 2.08. The first-order valence-corrected chi connectivity index (χ1v) is 7.63. The summed E-state index contributed by atoms with van der Waals surface area (Å²) in [5, 5.41) is 5.69. The minimum atomic E-state index is -0.277. The lowest BCUT2D eigenvalue weighted by Crippen LogP contribution is -2.07. The molecule has 0 fully saturated rings. The topological polar surface area (TPSA) is 69.7 Å². The molecule has 0 saturated heterocycles. The third kappa shape index (κ3) is 4.11. The molecule has 22 heavy (non-hydrogen) atoms. The van der Waals surface area contributed by atoms with Crippen molar-refractivity contribution in [2.45, 2.75) is 13.3 Å². The number of ether oxygens (including phenoxy) is 3. The molecular formula is C15H18N2O4S. The largest absolute Gasteiger partial charge is 0.497 e. The van der Waals surface area contributed by atoms with Crippen LogP contribution in [0, 0.1) is 0 Å². The number of benzene rings is 1. The van der Waals surface area contributed by atoms with Gasteiger partial charge >= 0.3 is 5.97 Å². The summed E-state index contributed by atoms with van der Waals surface area (Å²) < 4.78 is 15.4. The van der Waals surface area contributed by atoms with E-state index in [0.29, 0.717) is 28.9 Å². The van der Waals surface area contributed by atoms with E-state index in [4.69, 9.17) is 14.2 Å². The van der Waals surface area contributed by atoms with Gasteiger partial charge in [-0.25, -0.2) is 4.98 Å². The average Bonchev–Trinajstić information content (AvgIpc) is 2.94. The molecule has 118 valence electrons. The standard InChI is InChI=1S/C15H18N2O4S/c1-4-21-14(18)7-10-9-22-15(16-10)17-12-6-5-11(19-2)8-13(12)20-3/h5-6,8-9H,4,7H2,1-3H3,(H,16,17). The summed E-state index contributed by atoms with van der Waals surface area (Å²) in [6, 6.07) is 5.47. The van der Waals surface area contributed by atoms with Crippen molar-refractivity contribution < 1.29 is 19.0 Å². The smallest absolute Gasteiger partial charge is 0.311 e. The summed E-state index contributed by atoms with van der Waals surface area (Å²) in [5.74, 6) is 1.09. The Morgan fingerprint density at radius 1 is 1.32 bits per heavy atom. The summed E-state index contributed by atoms with van der Waals surface area (Å²) >= 11 is 1.42. The highest BCUT2D eigenvalue weighted by atomic mass is 32.1. The van der Waals surface area contributed by atoms with Gasteiger partial charge in [-0.05, 0) is 19.1 Å². The molecule has 0 spiro atoms. The Kier molecular flexibility index (Phi) is 5.60. The summed E-state index contributed by atoms with van der Waals surface area (Å²) in [7, 11) is 3.19. The molecule has 1 aromatic carbocycles. The number of esters is 1. The monoisotopic (exact) mass is 322 g/mol. The fourth-order valence-electron chi connectivity index (χ4n) is 1.82. The van der Waals surface area contributed by atoms with Gasteiger partial charge in [0.2, 0.25) is 0 Å². The molecule has 6 nitrogen and oxygen atoms in total. The van der Waals surface area contributed by atoms with Gasteiger partial charge in [0.15, 0.2) is 5.13 Å². The molecule has 0 saturated carbocycles. The number of nitrogens with zero attached hydrogens (tertiary/aromatic N) is 1. The van der Waals surface area contributed by atoms with E-state index < -0.39 is 0 Å². The third-order valence-electron chi connectivity index (χ3n) is 2.83. The van der Waals surface area contributed by atoms with E-state index in [1.54, 1.807) is 27.2 Å². The van der Waals surface area contributed by atoms with Crippen LogP contribution in [-0.4, -0.2) is 31.8 Å². The molecule has 0 atom stereocenters. The Bertz CT molecular complexity index is 642. The highest BCUT2D eigenvalue weighted by Crippen LogP contribution is 2.32. The molecule has 0 amide bonds. The van der Waals surface area contributed by atoms with E-state index in [1.165, 1.54) is 11.3 Å². The fraction of sp³-hybridized carbons (Fsp3) is 0.333. The van der Waals surface area contributed by atoms with Crippen LogP contribution in [0.15, 0.2) is 23.6 Å². The molecule has 0 bridgehead atoms. The van der Waals surface area contributed by atoms with Crippen LogP contribution in [0.3, 0.4) is 0 Å². The maximum Gasteiger partial charge on any atom is 0.311 e. The zero-order valence-electron chi connectivity index (χ0n) is 12.7. The number of hydrogen-bond donors (Lipinski definition) is 1. The van der Waals surface area contributed by atoms with Gasteiger partial charge in [0, 0.05) is 11.4 Å². The molecule has 0 aliphatic carbocycles. The third-order valence-corrected chi connectivity index (χ3v) is 3.64. The molecule has 1 heterocycles. The highest BCUT2D eigenvalue weighted by Gasteiger charge is 2.10. The minimum absolute atomic E-state index is 0.172. The summed E-state index contributed by atoms with van der Waals surface area (Å²) in [4.78, 5) is 15.8. The Labute approximate surface area is 133 Å². The Morgan fingerprint density at radius 3 is 2.82 bits per heavy atom. The molecule has 0 radical (unpaired) electrons. The van der Waals surface area contributed by atoms with E-state index in [9.17, 15) is 4.79 Å². The highest BCUT2D eigenvalue weighted by molar-refractivity contribution is 7.13. The van der Waals surface area contributed by atoms with Crippen LogP contribution < -0.4 is 14.8 Å². The molecule has 1 aromatic heterocycles. The van der Waals surface area contributed by atoms with Crippen molar-refractivity contribution >= 4 is 28.1 Å². The zero-order chi connectivity index (χ0) is 15.9. The van der Waals surface area contributed by atoms with Crippen molar-refractivity contribution in [1.29, 1.82) is 0 Å². The number of methoxy groups -OCH3 is 2. The second-order valence-corrected chi connectivity index (χ2v) is 5.18. The number of hydrogen-bond acceptors (Lipinski definition) is 7. The number of anilines is 2. The van der Waals surface area contributed by atoms with Gasteiger partial charge in [-0.15, -0.1) is 11.3 Å². The fourth-order valence-corrected chi connectivity index (χ4v) is 2.55. The van der Waals surface area contributed by atoms with E-state index in [-0.39, 0.29) is 12.4 Å². The number of carbonyl (C=O) groups is 1.